The molecule has 7 nitrogen and oxygen atoms in total. The number of anilines is 1. The number of ether oxygens (including phenoxy) is 2. The number of methoxy groups -OCH3 is 1. The number of nitrogens with two attached hydrogens (primary N) is 1. The van der Waals surface area contributed by atoms with Crippen molar-refractivity contribution in [2.75, 3.05) is 26.1 Å². The summed E-state index contributed by atoms with van der Waals surface area (Å²) < 4.78 is 12.1. The zero-order chi connectivity index (χ0) is 14.7. The maximum Gasteiger partial charge on any atom is 0.254 e. The SMILES string of the molecule is COCCOc1ccc(-c2ccnc3nc(N)nn23)cc1. The van der Waals surface area contributed by atoms with Gasteiger partial charge in [0.1, 0.15) is 12.4 Å². The molecule has 0 radical (unpaired) electrons. The number of fused-ring (bicyclic) bond motifs is 1. The number of hydrogen-bond donors (Lipinski definition) is 1. The van der Waals surface area contributed by atoms with Gasteiger partial charge in [-0.2, -0.15) is 9.50 Å². The van der Waals surface area contributed by atoms with Crippen LogP contribution < -0.4 is 10.5 Å². The van der Waals surface area contributed by atoms with Crippen molar-refractivity contribution in [2.24, 2.45) is 0 Å². The second kappa shape index (κ2) is 5.76. The highest BCUT2D eigenvalue weighted by Crippen LogP contribution is 2.22. The summed E-state index contributed by atoms with van der Waals surface area (Å²) in [5.74, 6) is 1.47. The van der Waals surface area contributed by atoms with E-state index >= 15 is 0 Å². The van der Waals surface area contributed by atoms with E-state index in [9.17, 15) is 0 Å². The van der Waals surface area contributed by atoms with Crippen LogP contribution in [0.15, 0.2) is 36.5 Å². The van der Waals surface area contributed by atoms with E-state index in [2.05, 4.69) is 15.1 Å². The number of nitrogens with zero attached hydrogens (tertiary/aromatic N) is 4. The van der Waals surface area contributed by atoms with Gasteiger partial charge in [0.15, 0.2) is 0 Å². The molecule has 21 heavy (non-hydrogen) atoms. The summed E-state index contributed by atoms with van der Waals surface area (Å²) in [5.41, 5.74) is 7.46. The molecular weight excluding hydrogens is 270 g/mol. The van der Waals surface area contributed by atoms with Crippen LogP contribution >= 0.6 is 0 Å². The van der Waals surface area contributed by atoms with E-state index in [1.54, 1.807) is 17.8 Å². The van der Waals surface area contributed by atoms with Gasteiger partial charge in [-0.25, -0.2) is 4.98 Å². The van der Waals surface area contributed by atoms with Crippen molar-refractivity contribution in [2.45, 2.75) is 0 Å². The second-order valence-corrected chi connectivity index (χ2v) is 4.38. The quantitative estimate of drug-likeness (QED) is 0.713. The van der Waals surface area contributed by atoms with Crippen molar-refractivity contribution < 1.29 is 9.47 Å². The lowest BCUT2D eigenvalue weighted by Gasteiger charge is -2.07. The number of nitrogen functional groups attached to an aromatic ring is 1. The fourth-order valence-corrected chi connectivity index (χ4v) is 1.99. The fraction of sp³-hybridized carbons (Fsp3) is 0.214. The maximum atomic E-state index is 5.61. The average molecular weight is 285 g/mol. The van der Waals surface area contributed by atoms with E-state index in [4.69, 9.17) is 15.2 Å². The summed E-state index contributed by atoms with van der Waals surface area (Å²) in [6.07, 6.45) is 1.68. The van der Waals surface area contributed by atoms with Crippen LogP contribution in [0.3, 0.4) is 0 Å². The standard InChI is InChI=1S/C14H15N5O2/c1-20-8-9-21-11-4-2-10(3-5-11)12-6-7-16-14-17-13(15)18-19(12)14/h2-7H,8-9H2,1H3,(H2,15,18). The number of aromatic nitrogens is 4. The molecule has 0 bridgehead atoms. The highest BCUT2D eigenvalue weighted by Gasteiger charge is 2.08. The molecule has 3 rings (SSSR count). The van der Waals surface area contributed by atoms with Crippen LogP contribution in [0.25, 0.3) is 17.0 Å². The summed E-state index contributed by atoms with van der Waals surface area (Å²) >= 11 is 0. The van der Waals surface area contributed by atoms with Crippen molar-refractivity contribution >= 4 is 11.7 Å². The minimum atomic E-state index is 0.203. The second-order valence-electron chi connectivity index (χ2n) is 4.38. The van der Waals surface area contributed by atoms with E-state index in [-0.39, 0.29) is 5.95 Å². The Balaban J connectivity index is 1.88. The first-order chi connectivity index (χ1) is 10.3. The molecule has 0 amide bonds. The molecule has 0 spiro atoms. The van der Waals surface area contributed by atoms with Crippen LogP contribution in [0.4, 0.5) is 5.95 Å². The molecule has 2 N–H and O–H groups in total. The third-order valence-corrected chi connectivity index (χ3v) is 2.96. The van der Waals surface area contributed by atoms with Crippen LogP contribution in [0.1, 0.15) is 0 Å². The first kappa shape index (κ1) is 13.3. The summed E-state index contributed by atoms with van der Waals surface area (Å²) in [6, 6.07) is 9.57. The van der Waals surface area contributed by atoms with Crippen LogP contribution in [-0.2, 0) is 4.74 Å². The topological polar surface area (TPSA) is 87.6 Å². The van der Waals surface area contributed by atoms with E-state index in [1.807, 2.05) is 30.3 Å². The minimum Gasteiger partial charge on any atom is -0.491 e. The van der Waals surface area contributed by atoms with Crippen LogP contribution in [0, 0.1) is 0 Å². The molecule has 0 unspecified atom stereocenters. The zero-order valence-corrected chi connectivity index (χ0v) is 11.6. The van der Waals surface area contributed by atoms with Gasteiger partial charge >= 0.3 is 0 Å². The Bertz CT molecular complexity index is 739. The van der Waals surface area contributed by atoms with Gasteiger partial charge in [-0.15, -0.1) is 5.10 Å². The Labute approximate surface area is 121 Å². The molecule has 3 aromatic rings. The summed E-state index contributed by atoms with van der Waals surface area (Å²) in [4.78, 5) is 8.17. The van der Waals surface area contributed by atoms with Gasteiger partial charge in [-0.1, -0.05) is 0 Å². The molecular formula is C14H15N5O2. The highest BCUT2D eigenvalue weighted by molar-refractivity contribution is 5.62. The van der Waals surface area contributed by atoms with Gasteiger partial charge < -0.3 is 15.2 Å². The molecule has 0 atom stereocenters. The smallest absolute Gasteiger partial charge is 0.254 e. The molecule has 108 valence electrons. The Kier molecular flexibility index (Phi) is 3.65. The van der Waals surface area contributed by atoms with Gasteiger partial charge in [0.05, 0.1) is 12.3 Å². The predicted molar refractivity (Wildman–Crippen MR) is 78.0 cm³/mol. The van der Waals surface area contributed by atoms with Gasteiger partial charge in [-0.3, -0.25) is 0 Å². The Morgan fingerprint density at radius 2 is 1.95 bits per heavy atom. The van der Waals surface area contributed by atoms with Crippen molar-refractivity contribution in [1.29, 1.82) is 0 Å². The normalized spacial score (nSPS) is 10.9. The predicted octanol–water partition coefficient (Wildman–Crippen LogP) is 1.40. The lowest BCUT2D eigenvalue weighted by atomic mass is 10.1. The first-order valence-corrected chi connectivity index (χ1v) is 6.47. The van der Waals surface area contributed by atoms with Crippen LogP contribution in [0.5, 0.6) is 5.75 Å². The van der Waals surface area contributed by atoms with Gasteiger partial charge in [-0.05, 0) is 30.3 Å². The highest BCUT2D eigenvalue weighted by atomic mass is 16.5. The number of hydrogen-bond acceptors (Lipinski definition) is 6. The molecule has 0 aliphatic heterocycles. The molecule has 0 fully saturated rings. The van der Waals surface area contributed by atoms with Crippen molar-refractivity contribution in [3.8, 4) is 17.0 Å². The Hall–Kier alpha value is -2.67. The summed E-state index contributed by atoms with van der Waals surface area (Å²) in [5, 5.41) is 4.15. The van der Waals surface area contributed by atoms with Crippen molar-refractivity contribution in [3.05, 3.63) is 36.5 Å². The van der Waals surface area contributed by atoms with Crippen molar-refractivity contribution in [1.82, 2.24) is 19.6 Å². The lowest BCUT2D eigenvalue weighted by molar-refractivity contribution is 0.146. The maximum absolute atomic E-state index is 5.61. The minimum absolute atomic E-state index is 0.203. The molecule has 7 heteroatoms. The van der Waals surface area contributed by atoms with Gasteiger partial charge in [0.25, 0.3) is 5.78 Å². The number of rotatable bonds is 5. The molecule has 0 saturated carbocycles. The van der Waals surface area contributed by atoms with Crippen LogP contribution in [0.2, 0.25) is 0 Å². The molecule has 0 aliphatic carbocycles. The van der Waals surface area contributed by atoms with E-state index in [0.717, 1.165) is 17.0 Å². The fourth-order valence-electron chi connectivity index (χ4n) is 1.99. The average Bonchev–Trinajstić information content (AvgIpc) is 2.88. The Morgan fingerprint density at radius 1 is 1.14 bits per heavy atom. The van der Waals surface area contributed by atoms with E-state index in [0.29, 0.717) is 19.0 Å². The van der Waals surface area contributed by atoms with Gasteiger partial charge in [0.2, 0.25) is 5.95 Å². The monoisotopic (exact) mass is 285 g/mol. The van der Waals surface area contributed by atoms with E-state index in [1.165, 1.54) is 0 Å². The largest absolute Gasteiger partial charge is 0.491 e. The summed E-state index contributed by atoms with van der Waals surface area (Å²) in [7, 11) is 1.64. The summed E-state index contributed by atoms with van der Waals surface area (Å²) in [6.45, 7) is 1.08. The zero-order valence-electron chi connectivity index (χ0n) is 11.6. The molecule has 0 saturated heterocycles. The first-order valence-electron chi connectivity index (χ1n) is 6.47. The molecule has 1 aromatic carbocycles. The number of benzene rings is 1. The molecule has 2 heterocycles. The molecule has 0 aliphatic rings. The Morgan fingerprint density at radius 3 is 2.71 bits per heavy atom. The van der Waals surface area contributed by atoms with Gasteiger partial charge in [0, 0.05) is 18.9 Å². The third kappa shape index (κ3) is 2.77. The van der Waals surface area contributed by atoms with Crippen LogP contribution in [-0.4, -0.2) is 39.9 Å². The third-order valence-electron chi connectivity index (χ3n) is 2.96. The van der Waals surface area contributed by atoms with E-state index < -0.39 is 0 Å². The molecule has 2 aromatic heterocycles. The lowest BCUT2D eigenvalue weighted by Crippen LogP contribution is -2.04. The van der Waals surface area contributed by atoms with Crippen molar-refractivity contribution in [3.63, 3.8) is 0 Å².